The van der Waals surface area contributed by atoms with E-state index in [1.165, 1.54) is 24.6 Å². The van der Waals surface area contributed by atoms with Gasteiger partial charge in [-0.2, -0.15) is 0 Å². The first-order valence-electron chi connectivity index (χ1n) is 5.76. The normalized spacial score (nSPS) is 18.9. The maximum absolute atomic E-state index is 13.7. The molecule has 1 aromatic rings. The van der Waals surface area contributed by atoms with Crippen LogP contribution >= 0.6 is 11.8 Å². The van der Waals surface area contributed by atoms with Crippen molar-refractivity contribution in [1.82, 2.24) is 0 Å². The predicted octanol–water partition coefficient (Wildman–Crippen LogP) is 3.32. The van der Waals surface area contributed by atoms with Gasteiger partial charge in [-0.1, -0.05) is 18.9 Å². The van der Waals surface area contributed by atoms with Gasteiger partial charge in [0.25, 0.3) is 0 Å². The highest BCUT2D eigenvalue weighted by molar-refractivity contribution is 7.98. The Balaban J connectivity index is 2.36. The summed E-state index contributed by atoms with van der Waals surface area (Å²) in [7, 11) is 0. The van der Waals surface area contributed by atoms with Crippen LogP contribution in [-0.4, -0.2) is 12.8 Å². The standard InChI is InChI=1S/C13H18FNS/c1-16-12-5-4-10(8-11(12)14)13(9-15)6-2-3-7-13/h4-5,8H,2-3,6-7,9,15H2,1H3. The van der Waals surface area contributed by atoms with Crippen molar-refractivity contribution < 1.29 is 4.39 Å². The molecule has 1 saturated carbocycles. The van der Waals surface area contributed by atoms with E-state index in [0.29, 0.717) is 11.4 Å². The van der Waals surface area contributed by atoms with Crippen molar-refractivity contribution >= 4 is 11.8 Å². The number of hydrogen-bond donors (Lipinski definition) is 1. The van der Waals surface area contributed by atoms with Gasteiger partial charge >= 0.3 is 0 Å². The largest absolute Gasteiger partial charge is 0.330 e. The summed E-state index contributed by atoms with van der Waals surface area (Å²) < 4.78 is 13.7. The molecule has 1 nitrogen and oxygen atoms in total. The molecule has 0 unspecified atom stereocenters. The SMILES string of the molecule is CSc1ccc(C2(CN)CCCC2)cc1F. The molecule has 0 aliphatic heterocycles. The zero-order chi connectivity index (χ0) is 11.6. The second-order valence-electron chi connectivity index (χ2n) is 4.54. The molecule has 0 saturated heterocycles. The Morgan fingerprint density at radius 3 is 2.56 bits per heavy atom. The molecule has 16 heavy (non-hydrogen) atoms. The van der Waals surface area contributed by atoms with Crippen LogP contribution in [0.15, 0.2) is 23.1 Å². The summed E-state index contributed by atoms with van der Waals surface area (Å²) in [5.74, 6) is -0.107. The molecule has 1 aromatic carbocycles. The van der Waals surface area contributed by atoms with E-state index < -0.39 is 0 Å². The summed E-state index contributed by atoms with van der Waals surface area (Å²) in [6.07, 6.45) is 6.52. The highest BCUT2D eigenvalue weighted by Crippen LogP contribution is 2.41. The van der Waals surface area contributed by atoms with Gasteiger partial charge in [0.05, 0.1) is 0 Å². The van der Waals surface area contributed by atoms with Crippen LogP contribution < -0.4 is 5.73 Å². The fourth-order valence-electron chi connectivity index (χ4n) is 2.66. The zero-order valence-corrected chi connectivity index (χ0v) is 10.4. The van der Waals surface area contributed by atoms with Gasteiger partial charge in [0.1, 0.15) is 5.82 Å². The van der Waals surface area contributed by atoms with Crippen LogP contribution in [0, 0.1) is 5.82 Å². The lowest BCUT2D eigenvalue weighted by molar-refractivity contribution is 0.448. The fourth-order valence-corrected chi connectivity index (χ4v) is 3.12. The zero-order valence-electron chi connectivity index (χ0n) is 9.63. The molecule has 1 aliphatic rings. The number of benzene rings is 1. The van der Waals surface area contributed by atoms with Gasteiger partial charge in [-0.25, -0.2) is 4.39 Å². The molecule has 2 N–H and O–H groups in total. The van der Waals surface area contributed by atoms with Gasteiger partial charge in [-0.3, -0.25) is 0 Å². The topological polar surface area (TPSA) is 26.0 Å². The maximum atomic E-state index is 13.7. The molecule has 0 radical (unpaired) electrons. The van der Waals surface area contributed by atoms with Crippen LogP contribution in [0.5, 0.6) is 0 Å². The first-order valence-corrected chi connectivity index (χ1v) is 6.98. The Labute approximate surface area is 101 Å². The molecule has 0 heterocycles. The van der Waals surface area contributed by atoms with Crippen molar-refractivity contribution in [3.05, 3.63) is 29.6 Å². The van der Waals surface area contributed by atoms with Gasteiger partial charge in [-0.15, -0.1) is 11.8 Å². The van der Waals surface area contributed by atoms with Gasteiger partial charge < -0.3 is 5.73 Å². The van der Waals surface area contributed by atoms with E-state index in [1.807, 2.05) is 18.4 Å². The lowest BCUT2D eigenvalue weighted by Crippen LogP contribution is -2.32. The minimum Gasteiger partial charge on any atom is -0.330 e. The smallest absolute Gasteiger partial charge is 0.137 e. The molecular formula is C13H18FNS. The highest BCUT2D eigenvalue weighted by Gasteiger charge is 2.34. The van der Waals surface area contributed by atoms with E-state index in [9.17, 15) is 4.39 Å². The third kappa shape index (κ3) is 1.98. The minimum absolute atomic E-state index is 0.0395. The average molecular weight is 239 g/mol. The van der Waals surface area contributed by atoms with Crippen LogP contribution in [0.25, 0.3) is 0 Å². The van der Waals surface area contributed by atoms with Gasteiger partial charge in [0, 0.05) is 16.9 Å². The molecular weight excluding hydrogens is 221 g/mol. The van der Waals surface area contributed by atoms with Crippen LogP contribution in [0.3, 0.4) is 0 Å². The van der Waals surface area contributed by atoms with Crippen molar-refractivity contribution in [2.24, 2.45) is 5.73 Å². The second-order valence-corrected chi connectivity index (χ2v) is 5.39. The van der Waals surface area contributed by atoms with Crippen molar-refractivity contribution in [3.63, 3.8) is 0 Å². The molecule has 0 atom stereocenters. The van der Waals surface area contributed by atoms with Crippen LogP contribution in [0.4, 0.5) is 4.39 Å². The maximum Gasteiger partial charge on any atom is 0.137 e. The fraction of sp³-hybridized carbons (Fsp3) is 0.538. The lowest BCUT2D eigenvalue weighted by atomic mass is 9.79. The van der Waals surface area contributed by atoms with Crippen LogP contribution in [-0.2, 0) is 5.41 Å². The summed E-state index contributed by atoms with van der Waals surface area (Å²) in [5.41, 5.74) is 7.02. The monoisotopic (exact) mass is 239 g/mol. The number of hydrogen-bond acceptors (Lipinski definition) is 2. The van der Waals surface area contributed by atoms with Gasteiger partial charge in [-0.05, 0) is 36.8 Å². The summed E-state index contributed by atoms with van der Waals surface area (Å²) >= 11 is 1.45. The van der Waals surface area contributed by atoms with Gasteiger partial charge in [0.15, 0.2) is 0 Å². The summed E-state index contributed by atoms with van der Waals surface area (Å²) in [4.78, 5) is 0.717. The van der Waals surface area contributed by atoms with Crippen LogP contribution in [0.2, 0.25) is 0 Å². The number of thioether (sulfide) groups is 1. The molecule has 0 aromatic heterocycles. The first kappa shape index (κ1) is 11.9. The number of nitrogens with two attached hydrogens (primary N) is 1. The minimum atomic E-state index is -0.107. The molecule has 2 rings (SSSR count). The molecule has 1 fully saturated rings. The third-order valence-corrected chi connectivity index (χ3v) is 4.49. The Kier molecular flexibility index (Phi) is 3.55. The highest BCUT2D eigenvalue weighted by atomic mass is 32.2. The quantitative estimate of drug-likeness (QED) is 0.819. The first-order chi connectivity index (χ1) is 7.72. The molecule has 3 heteroatoms. The van der Waals surface area contributed by atoms with Gasteiger partial charge in [0.2, 0.25) is 0 Å². The molecule has 88 valence electrons. The second kappa shape index (κ2) is 4.76. The number of halogens is 1. The van der Waals surface area contributed by atoms with E-state index >= 15 is 0 Å². The molecule has 0 amide bonds. The van der Waals surface area contributed by atoms with Crippen molar-refractivity contribution in [1.29, 1.82) is 0 Å². The van der Waals surface area contributed by atoms with Crippen molar-refractivity contribution in [2.45, 2.75) is 36.0 Å². The predicted molar refractivity (Wildman–Crippen MR) is 67.4 cm³/mol. The van der Waals surface area contributed by atoms with Crippen molar-refractivity contribution in [3.8, 4) is 0 Å². The third-order valence-electron chi connectivity index (χ3n) is 3.72. The van der Waals surface area contributed by atoms with E-state index in [2.05, 4.69) is 0 Å². The molecule has 0 spiro atoms. The lowest BCUT2D eigenvalue weighted by Gasteiger charge is -2.28. The van der Waals surface area contributed by atoms with E-state index in [-0.39, 0.29) is 11.2 Å². The van der Waals surface area contributed by atoms with Crippen molar-refractivity contribution in [2.75, 3.05) is 12.8 Å². The molecule has 0 bridgehead atoms. The Bertz CT molecular complexity index is 372. The van der Waals surface area contributed by atoms with E-state index in [0.717, 1.165) is 18.4 Å². The van der Waals surface area contributed by atoms with E-state index in [4.69, 9.17) is 5.73 Å². The molecule has 1 aliphatic carbocycles. The Morgan fingerprint density at radius 2 is 2.06 bits per heavy atom. The Hall–Kier alpha value is -0.540. The average Bonchev–Trinajstić information content (AvgIpc) is 2.78. The number of rotatable bonds is 3. The Morgan fingerprint density at radius 1 is 1.38 bits per heavy atom. The summed E-state index contributed by atoms with van der Waals surface area (Å²) in [5, 5.41) is 0. The summed E-state index contributed by atoms with van der Waals surface area (Å²) in [6.45, 7) is 0.630. The summed E-state index contributed by atoms with van der Waals surface area (Å²) in [6, 6.07) is 5.61. The van der Waals surface area contributed by atoms with E-state index in [1.54, 1.807) is 6.07 Å². The van der Waals surface area contributed by atoms with Crippen LogP contribution in [0.1, 0.15) is 31.2 Å².